The van der Waals surface area contributed by atoms with E-state index in [4.69, 9.17) is 11.6 Å². The fraction of sp³-hybridized carbons (Fsp3) is 0.286. The molecule has 2 aromatic rings. The first-order valence-electron chi connectivity index (χ1n) is 6.39. The van der Waals surface area contributed by atoms with Gasteiger partial charge in [0.1, 0.15) is 5.02 Å². The smallest absolute Gasteiger partial charge is 0.224 e. The summed E-state index contributed by atoms with van der Waals surface area (Å²) in [5, 5.41) is 6.88. The van der Waals surface area contributed by atoms with Crippen molar-refractivity contribution in [2.45, 2.75) is 20.3 Å². The van der Waals surface area contributed by atoms with Gasteiger partial charge in [-0.2, -0.15) is 4.98 Å². The van der Waals surface area contributed by atoms with Gasteiger partial charge in [0.25, 0.3) is 0 Å². The Kier molecular flexibility index (Phi) is 5.20. The molecule has 6 heteroatoms. The third-order valence-corrected chi connectivity index (χ3v) is 3.50. The van der Waals surface area contributed by atoms with Crippen LogP contribution in [0.5, 0.6) is 0 Å². The summed E-state index contributed by atoms with van der Waals surface area (Å²) >= 11 is 9.60. The second-order valence-corrected chi connectivity index (χ2v) is 5.72. The maximum absolute atomic E-state index is 6.15. The van der Waals surface area contributed by atoms with Crippen LogP contribution in [0.1, 0.15) is 18.9 Å². The van der Waals surface area contributed by atoms with Gasteiger partial charge in [-0.3, -0.25) is 0 Å². The Hall–Kier alpha value is -1.33. The van der Waals surface area contributed by atoms with Crippen molar-refractivity contribution < 1.29 is 0 Å². The highest BCUT2D eigenvalue weighted by Crippen LogP contribution is 2.27. The Morgan fingerprint density at radius 2 is 2.15 bits per heavy atom. The van der Waals surface area contributed by atoms with Crippen molar-refractivity contribution in [3.63, 3.8) is 0 Å². The van der Waals surface area contributed by atoms with Crippen LogP contribution in [0.4, 0.5) is 17.5 Å². The molecule has 0 amide bonds. The van der Waals surface area contributed by atoms with Gasteiger partial charge < -0.3 is 10.6 Å². The molecular formula is C14H16BrClN4. The van der Waals surface area contributed by atoms with E-state index in [0.717, 1.165) is 28.7 Å². The lowest BCUT2D eigenvalue weighted by Crippen LogP contribution is -2.06. The monoisotopic (exact) mass is 354 g/mol. The summed E-state index contributed by atoms with van der Waals surface area (Å²) in [4.78, 5) is 8.55. The quantitative estimate of drug-likeness (QED) is 0.811. The molecule has 0 fully saturated rings. The van der Waals surface area contributed by atoms with E-state index in [1.165, 1.54) is 0 Å². The molecule has 2 rings (SSSR count). The van der Waals surface area contributed by atoms with Crippen molar-refractivity contribution >= 4 is 45.0 Å². The zero-order chi connectivity index (χ0) is 14.5. The maximum Gasteiger partial charge on any atom is 0.224 e. The molecule has 2 N–H and O–H groups in total. The zero-order valence-electron chi connectivity index (χ0n) is 11.4. The van der Waals surface area contributed by atoms with Crippen LogP contribution in [-0.2, 0) is 0 Å². The average Bonchev–Trinajstić information content (AvgIpc) is 2.43. The number of nitrogens with one attached hydrogen (secondary N) is 2. The summed E-state index contributed by atoms with van der Waals surface area (Å²) in [6.07, 6.45) is 2.61. The lowest BCUT2D eigenvalue weighted by atomic mass is 10.2. The minimum atomic E-state index is 0.492. The van der Waals surface area contributed by atoms with Crippen molar-refractivity contribution in [2.75, 3.05) is 17.2 Å². The van der Waals surface area contributed by atoms with Gasteiger partial charge in [-0.25, -0.2) is 4.98 Å². The zero-order valence-corrected chi connectivity index (χ0v) is 13.7. The van der Waals surface area contributed by atoms with Gasteiger partial charge in [0, 0.05) is 16.7 Å². The fourth-order valence-corrected chi connectivity index (χ4v) is 2.13. The van der Waals surface area contributed by atoms with Crippen molar-refractivity contribution in [1.29, 1.82) is 0 Å². The van der Waals surface area contributed by atoms with Crippen LogP contribution in [0.3, 0.4) is 0 Å². The molecule has 0 aliphatic heterocycles. The van der Waals surface area contributed by atoms with E-state index >= 15 is 0 Å². The van der Waals surface area contributed by atoms with Crippen LogP contribution in [0, 0.1) is 6.92 Å². The summed E-state index contributed by atoms with van der Waals surface area (Å²) in [5.74, 6) is 1.17. The minimum absolute atomic E-state index is 0.492. The normalized spacial score (nSPS) is 10.4. The second kappa shape index (κ2) is 6.90. The van der Waals surface area contributed by atoms with Gasteiger partial charge in [0.05, 0.1) is 6.20 Å². The Morgan fingerprint density at radius 1 is 1.35 bits per heavy atom. The Balaban J connectivity index is 2.25. The third kappa shape index (κ3) is 3.84. The first kappa shape index (κ1) is 15.1. The van der Waals surface area contributed by atoms with E-state index in [1.54, 1.807) is 6.20 Å². The van der Waals surface area contributed by atoms with E-state index in [-0.39, 0.29) is 0 Å². The van der Waals surface area contributed by atoms with Crippen LogP contribution < -0.4 is 10.6 Å². The highest BCUT2D eigenvalue weighted by molar-refractivity contribution is 9.10. The first-order valence-corrected chi connectivity index (χ1v) is 7.57. The van der Waals surface area contributed by atoms with Crippen LogP contribution in [0.15, 0.2) is 28.9 Å². The van der Waals surface area contributed by atoms with Crippen LogP contribution >= 0.6 is 27.5 Å². The third-order valence-electron chi connectivity index (χ3n) is 2.73. The number of aryl methyl sites for hydroxylation is 1. The van der Waals surface area contributed by atoms with Crippen LogP contribution in [-0.4, -0.2) is 16.5 Å². The molecule has 1 aromatic carbocycles. The van der Waals surface area contributed by atoms with Crippen molar-refractivity contribution in [3.05, 3.63) is 39.5 Å². The van der Waals surface area contributed by atoms with Crippen molar-refractivity contribution in [3.8, 4) is 0 Å². The summed E-state index contributed by atoms with van der Waals surface area (Å²) in [7, 11) is 0. The molecule has 0 saturated carbocycles. The first-order chi connectivity index (χ1) is 9.60. The molecule has 0 bridgehead atoms. The molecule has 0 radical (unpaired) electrons. The number of hydrogen-bond donors (Lipinski definition) is 2. The number of benzene rings is 1. The van der Waals surface area contributed by atoms with Gasteiger partial charge in [0.2, 0.25) is 5.95 Å². The van der Waals surface area contributed by atoms with Crippen LogP contribution in [0.25, 0.3) is 0 Å². The van der Waals surface area contributed by atoms with Crippen molar-refractivity contribution in [2.24, 2.45) is 0 Å². The number of aromatic nitrogens is 2. The summed E-state index contributed by atoms with van der Waals surface area (Å²) < 4.78 is 1.00. The molecule has 0 saturated heterocycles. The van der Waals surface area contributed by atoms with Crippen LogP contribution in [0.2, 0.25) is 5.02 Å². The topological polar surface area (TPSA) is 49.8 Å². The van der Waals surface area contributed by atoms with E-state index < -0.39 is 0 Å². The van der Waals surface area contributed by atoms with E-state index in [0.29, 0.717) is 16.8 Å². The molecule has 0 unspecified atom stereocenters. The predicted octanol–water partition coefficient (Wildman–Crippen LogP) is 4.77. The molecule has 0 aliphatic rings. The number of hydrogen-bond acceptors (Lipinski definition) is 4. The molecule has 1 heterocycles. The van der Waals surface area contributed by atoms with Gasteiger partial charge in [-0.15, -0.1) is 0 Å². The SMILES string of the molecule is CCCNc1ncc(Cl)c(Nc2cc(Br)ccc2C)n1. The lowest BCUT2D eigenvalue weighted by Gasteiger charge is -2.12. The second-order valence-electron chi connectivity index (χ2n) is 4.40. The lowest BCUT2D eigenvalue weighted by molar-refractivity contribution is 0.953. The molecule has 20 heavy (non-hydrogen) atoms. The number of nitrogens with zero attached hydrogens (tertiary/aromatic N) is 2. The average molecular weight is 356 g/mol. The predicted molar refractivity (Wildman–Crippen MR) is 88.0 cm³/mol. The standard InChI is InChI=1S/C14H16BrClN4/c1-3-6-17-14-18-8-11(16)13(20-14)19-12-7-10(15)5-4-9(12)2/h4-5,7-8H,3,6H2,1-2H3,(H2,17,18,19,20). The van der Waals surface area contributed by atoms with E-state index in [2.05, 4.69) is 43.5 Å². The van der Waals surface area contributed by atoms with Crippen molar-refractivity contribution in [1.82, 2.24) is 9.97 Å². The Labute approximate surface area is 132 Å². The highest BCUT2D eigenvalue weighted by Gasteiger charge is 2.07. The van der Waals surface area contributed by atoms with E-state index in [1.807, 2.05) is 25.1 Å². The molecular weight excluding hydrogens is 340 g/mol. The number of rotatable bonds is 5. The maximum atomic E-state index is 6.15. The summed E-state index contributed by atoms with van der Waals surface area (Å²) in [6, 6.07) is 6.01. The number of halogens is 2. The molecule has 106 valence electrons. The summed E-state index contributed by atoms with van der Waals surface area (Å²) in [6.45, 7) is 4.95. The number of anilines is 3. The van der Waals surface area contributed by atoms with Gasteiger partial charge >= 0.3 is 0 Å². The molecule has 0 spiro atoms. The van der Waals surface area contributed by atoms with Gasteiger partial charge in [-0.1, -0.05) is 40.5 Å². The van der Waals surface area contributed by atoms with E-state index in [9.17, 15) is 0 Å². The Bertz CT molecular complexity index is 604. The highest BCUT2D eigenvalue weighted by atomic mass is 79.9. The molecule has 0 aliphatic carbocycles. The summed E-state index contributed by atoms with van der Waals surface area (Å²) in [5.41, 5.74) is 2.08. The minimum Gasteiger partial charge on any atom is -0.354 e. The molecule has 1 aromatic heterocycles. The molecule has 4 nitrogen and oxygen atoms in total. The van der Waals surface area contributed by atoms with Gasteiger partial charge in [0.15, 0.2) is 5.82 Å². The van der Waals surface area contributed by atoms with Gasteiger partial charge in [-0.05, 0) is 31.0 Å². The Morgan fingerprint density at radius 3 is 2.90 bits per heavy atom. The largest absolute Gasteiger partial charge is 0.354 e. The molecule has 0 atom stereocenters. The fourth-order valence-electron chi connectivity index (χ4n) is 1.63.